The van der Waals surface area contributed by atoms with Crippen molar-refractivity contribution in [3.8, 4) is 0 Å². The van der Waals surface area contributed by atoms with E-state index in [9.17, 15) is 0 Å². The lowest BCUT2D eigenvalue weighted by molar-refractivity contribution is 0.913. The Morgan fingerprint density at radius 2 is 1.71 bits per heavy atom. The molecule has 0 fully saturated rings. The molecule has 2 rings (SSSR count). The molecule has 1 unspecified atom stereocenters. The molecule has 0 heterocycles. The van der Waals surface area contributed by atoms with Crippen LogP contribution < -0.4 is 0 Å². The highest BCUT2D eigenvalue weighted by atomic mass is 14.2. The summed E-state index contributed by atoms with van der Waals surface area (Å²) in [6.45, 7) is 14.2. The molecule has 0 saturated carbocycles. The minimum atomic E-state index is 0.451. The fourth-order valence-corrected chi connectivity index (χ4v) is 1.78. The van der Waals surface area contributed by atoms with Crippen LogP contribution in [0.4, 0.5) is 0 Å². The van der Waals surface area contributed by atoms with Crippen molar-refractivity contribution in [3.05, 3.63) is 71.9 Å². The Morgan fingerprint density at radius 1 is 1.00 bits per heavy atom. The van der Waals surface area contributed by atoms with Gasteiger partial charge in [-0.05, 0) is 33.8 Å². The van der Waals surface area contributed by atoms with Gasteiger partial charge in [-0.15, -0.1) is 0 Å². The van der Waals surface area contributed by atoms with Crippen LogP contribution in [0.5, 0.6) is 0 Å². The van der Waals surface area contributed by atoms with Gasteiger partial charge in [-0.1, -0.05) is 51.0 Å². The van der Waals surface area contributed by atoms with Crippen molar-refractivity contribution in [2.45, 2.75) is 6.92 Å². The van der Waals surface area contributed by atoms with E-state index in [1.165, 1.54) is 16.7 Å². The third-order valence-electron chi connectivity index (χ3n) is 2.90. The maximum Gasteiger partial charge on any atom is -0.000682 e. The topological polar surface area (TPSA) is 0 Å². The molecule has 0 heteroatoms. The fourth-order valence-electron chi connectivity index (χ4n) is 1.78. The predicted octanol–water partition coefficient (Wildman–Crippen LogP) is 3.73. The van der Waals surface area contributed by atoms with Gasteiger partial charge in [0, 0.05) is 0 Å². The van der Waals surface area contributed by atoms with Crippen LogP contribution in [0.3, 0.4) is 0 Å². The molecule has 0 N–H and O–H groups in total. The second-order valence-corrected chi connectivity index (χ2v) is 3.84. The molecule has 0 bridgehead atoms. The summed E-state index contributed by atoms with van der Waals surface area (Å²) in [7, 11) is 0. The van der Waals surface area contributed by atoms with E-state index in [0.717, 1.165) is 11.1 Å². The van der Waals surface area contributed by atoms with Crippen molar-refractivity contribution in [1.29, 1.82) is 0 Å². The van der Waals surface area contributed by atoms with Gasteiger partial charge in [0.05, 0.1) is 0 Å². The van der Waals surface area contributed by atoms with E-state index < -0.39 is 0 Å². The molecule has 2 aliphatic rings. The van der Waals surface area contributed by atoms with Crippen molar-refractivity contribution in [2.24, 2.45) is 5.92 Å². The summed E-state index contributed by atoms with van der Waals surface area (Å²) in [6.07, 6.45) is 8.39. The largest absolute Gasteiger partial charge is 0.0946 e. The zero-order valence-corrected chi connectivity index (χ0v) is 8.51. The van der Waals surface area contributed by atoms with Crippen molar-refractivity contribution in [2.75, 3.05) is 0 Å². The normalized spacial score (nSPS) is 30.9. The van der Waals surface area contributed by atoms with Gasteiger partial charge in [-0.3, -0.25) is 0 Å². The summed E-state index contributed by atoms with van der Waals surface area (Å²) in [5.74, 6) is 0.451. The smallest absolute Gasteiger partial charge is 0.000682 e. The van der Waals surface area contributed by atoms with E-state index in [2.05, 4.69) is 44.9 Å². The quantitative estimate of drug-likeness (QED) is 0.535. The molecule has 0 aliphatic heterocycles. The van der Waals surface area contributed by atoms with Gasteiger partial charge in [0.2, 0.25) is 0 Å². The number of allylic oxidation sites excluding steroid dienone is 9. The first-order chi connectivity index (χ1) is 6.61. The highest BCUT2D eigenvalue weighted by Crippen LogP contribution is 2.37. The highest BCUT2D eigenvalue weighted by molar-refractivity contribution is 5.68. The molecule has 0 saturated heterocycles. The number of hydrogen-bond donors (Lipinski definition) is 0. The van der Waals surface area contributed by atoms with Crippen LogP contribution in [0.25, 0.3) is 0 Å². The molecule has 2 aliphatic carbocycles. The molecule has 14 heavy (non-hydrogen) atoms. The lowest BCUT2D eigenvalue weighted by Crippen LogP contribution is -1.92. The van der Waals surface area contributed by atoms with Crippen molar-refractivity contribution in [1.82, 2.24) is 0 Å². The molecule has 0 aromatic carbocycles. The Bertz CT molecular complexity index is 425. The van der Waals surface area contributed by atoms with Gasteiger partial charge >= 0.3 is 0 Å². The first-order valence-electron chi connectivity index (χ1n) is 4.79. The van der Waals surface area contributed by atoms with E-state index >= 15 is 0 Å². The van der Waals surface area contributed by atoms with Gasteiger partial charge in [0.25, 0.3) is 0 Å². The van der Waals surface area contributed by atoms with Crippen LogP contribution in [0.15, 0.2) is 71.9 Å². The van der Waals surface area contributed by atoms with Gasteiger partial charge in [0.1, 0.15) is 0 Å². The van der Waals surface area contributed by atoms with Crippen LogP contribution in [-0.2, 0) is 0 Å². The van der Waals surface area contributed by atoms with E-state index in [1.807, 2.05) is 6.08 Å². The Balaban J connectivity index is 2.49. The molecule has 0 radical (unpaired) electrons. The van der Waals surface area contributed by atoms with E-state index in [1.54, 1.807) is 0 Å². The van der Waals surface area contributed by atoms with Gasteiger partial charge in [-0.25, -0.2) is 0 Å². The maximum atomic E-state index is 4.10. The highest BCUT2D eigenvalue weighted by Gasteiger charge is 2.20. The van der Waals surface area contributed by atoms with Gasteiger partial charge in [0.15, 0.2) is 0 Å². The fraction of sp³-hybridized carbons (Fsp3) is 0.143. The summed E-state index contributed by atoms with van der Waals surface area (Å²) < 4.78 is 0. The first kappa shape index (κ1) is 9.01. The zero-order chi connectivity index (χ0) is 10.3. The molecule has 0 spiro atoms. The molecule has 0 aromatic heterocycles. The SMILES string of the molecule is C=C1C=CC(=C2C=CC(C)C2=C)C1=C. The minimum Gasteiger partial charge on any atom is -0.0946 e. The lowest BCUT2D eigenvalue weighted by atomic mass is 9.96. The monoisotopic (exact) mass is 182 g/mol. The predicted molar refractivity (Wildman–Crippen MR) is 61.9 cm³/mol. The Hall–Kier alpha value is -1.56. The van der Waals surface area contributed by atoms with Gasteiger partial charge < -0.3 is 0 Å². The summed E-state index contributed by atoms with van der Waals surface area (Å²) >= 11 is 0. The van der Waals surface area contributed by atoms with Crippen LogP contribution in [-0.4, -0.2) is 0 Å². The molecule has 70 valence electrons. The average Bonchev–Trinajstić information content (AvgIpc) is 2.63. The zero-order valence-electron chi connectivity index (χ0n) is 8.51. The van der Waals surface area contributed by atoms with Crippen LogP contribution >= 0.6 is 0 Å². The molecule has 0 nitrogen and oxygen atoms in total. The van der Waals surface area contributed by atoms with E-state index in [0.29, 0.717) is 5.92 Å². The second-order valence-electron chi connectivity index (χ2n) is 3.84. The standard InChI is InChI=1S/C14H14/c1-9-5-7-13(11(9)3)14-8-6-10(2)12(14)4/h5-8,10H,1,3-4H2,2H3. The summed E-state index contributed by atoms with van der Waals surface area (Å²) in [5.41, 5.74) is 5.62. The number of hydrogen-bond acceptors (Lipinski definition) is 0. The van der Waals surface area contributed by atoms with Crippen molar-refractivity contribution in [3.63, 3.8) is 0 Å². The summed E-state index contributed by atoms with van der Waals surface area (Å²) in [6, 6.07) is 0. The minimum absolute atomic E-state index is 0.451. The maximum absolute atomic E-state index is 4.10. The molecular formula is C14H14. The molecular weight excluding hydrogens is 168 g/mol. The molecule has 1 atom stereocenters. The van der Waals surface area contributed by atoms with Crippen LogP contribution in [0.2, 0.25) is 0 Å². The Morgan fingerprint density at radius 3 is 2.14 bits per heavy atom. The van der Waals surface area contributed by atoms with Crippen LogP contribution in [0, 0.1) is 5.92 Å². The van der Waals surface area contributed by atoms with E-state index in [4.69, 9.17) is 0 Å². The lowest BCUT2D eigenvalue weighted by Gasteiger charge is -2.08. The Labute approximate surface area is 85.3 Å². The first-order valence-corrected chi connectivity index (χ1v) is 4.79. The molecule has 0 aromatic rings. The Kier molecular flexibility index (Phi) is 1.92. The third kappa shape index (κ3) is 1.15. The number of rotatable bonds is 0. The third-order valence-corrected chi connectivity index (χ3v) is 2.90. The second kappa shape index (κ2) is 2.98. The average molecular weight is 182 g/mol. The summed E-state index contributed by atoms with van der Waals surface area (Å²) in [5, 5.41) is 0. The molecule has 0 amide bonds. The van der Waals surface area contributed by atoms with Gasteiger partial charge in [-0.2, -0.15) is 0 Å². The van der Waals surface area contributed by atoms with Crippen LogP contribution in [0.1, 0.15) is 6.92 Å². The summed E-state index contributed by atoms with van der Waals surface area (Å²) in [4.78, 5) is 0. The van der Waals surface area contributed by atoms with Crippen molar-refractivity contribution < 1.29 is 0 Å². The van der Waals surface area contributed by atoms with E-state index in [-0.39, 0.29) is 0 Å². The van der Waals surface area contributed by atoms with Crippen molar-refractivity contribution >= 4 is 0 Å².